The molecule has 0 unspecified atom stereocenters. The number of likely N-dealkylation sites (tertiary alicyclic amines) is 1. The maximum atomic E-state index is 12.6. The van der Waals surface area contributed by atoms with E-state index in [1.54, 1.807) is 12.1 Å². The van der Waals surface area contributed by atoms with Crippen molar-refractivity contribution >= 4 is 27.3 Å². The molecule has 1 heterocycles. The lowest BCUT2D eigenvalue weighted by molar-refractivity contribution is -0.131. The van der Waals surface area contributed by atoms with E-state index in [2.05, 4.69) is 19.2 Å². The van der Waals surface area contributed by atoms with Gasteiger partial charge in [-0.05, 0) is 42.5 Å². The fraction of sp³-hybridized carbons (Fsp3) is 0.600. The number of rotatable bonds is 4. The van der Waals surface area contributed by atoms with Crippen molar-refractivity contribution in [3.63, 3.8) is 0 Å². The Morgan fingerprint density at radius 3 is 2.44 bits per heavy atom. The van der Waals surface area contributed by atoms with E-state index >= 15 is 0 Å². The van der Waals surface area contributed by atoms with Gasteiger partial charge < -0.3 is 10.2 Å². The van der Waals surface area contributed by atoms with Gasteiger partial charge in [0, 0.05) is 31.0 Å². The monoisotopic (exact) mass is 392 g/mol. The molecule has 2 amide bonds. The minimum atomic E-state index is -3.26. The third kappa shape index (κ3) is 4.34. The third-order valence-electron chi connectivity index (χ3n) is 6.14. The summed E-state index contributed by atoms with van der Waals surface area (Å²) in [6, 6.07) is 6.33. The Bertz CT molecular complexity index is 819. The standard InChI is InChI=1S/C20H28N2O4S/c1-13-5-4-6-18(14(13)2)22-12-15(11-19(22)23)20(24)21-16-7-9-17(10-8-16)27(3,25)26/h7-10,13-15,18H,4-6,11-12H2,1-3H3,(H,21,24)/t13-,14-,15-,18-/m1/s1. The highest BCUT2D eigenvalue weighted by atomic mass is 32.2. The molecular formula is C20H28N2O4S. The van der Waals surface area contributed by atoms with Crippen molar-refractivity contribution in [1.29, 1.82) is 0 Å². The molecule has 1 saturated heterocycles. The van der Waals surface area contributed by atoms with E-state index in [9.17, 15) is 18.0 Å². The Morgan fingerprint density at radius 1 is 1.15 bits per heavy atom. The normalized spacial score (nSPS) is 29.0. The Morgan fingerprint density at radius 2 is 1.81 bits per heavy atom. The number of anilines is 1. The zero-order valence-corrected chi connectivity index (χ0v) is 17.0. The Balaban J connectivity index is 1.64. The summed E-state index contributed by atoms with van der Waals surface area (Å²) in [5, 5.41) is 2.81. The van der Waals surface area contributed by atoms with Gasteiger partial charge in [0.15, 0.2) is 9.84 Å². The molecule has 1 aliphatic carbocycles. The van der Waals surface area contributed by atoms with E-state index < -0.39 is 9.84 Å². The molecule has 1 saturated carbocycles. The van der Waals surface area contributed by atoms with Crippen molar-refractivity contribution in [3.8, 4) is 0 Å². The lowest BCUT2D eigenvalue weighted by Crippen LogP contribution is -2.45. The van der Waals surface area contributed by atoms with Crippen molar-refractivity contribution in [2.75, 3.05) is 18.1 Å². The summed E-state index contributed by atoms with van der Waals surface area (Å²) >= 11 is 0. The van der Waals surface area contributed by atoms with Gasteiger partial charge in [0.1, 0.15) is 0 Å². The van der Waals surface area contributed by atoms with E-state index in [0.717, 1.165) is 19.1 Å². The molecule has 7 heteroatoms. The van der Waals surface area contributed by atoms with E-state index in [0.29, 0.717) is 24.1 Å². The quantitative estimate of drug-likeness (QED) is 0.854. The number of hydrogen-bond donors (Lipinski definition) is 1. The van der Waals surface area contributed by atoms with Crippen LogP contribution < -0.4 is 5.32 Å². The molecule has 3 rings (SSSR count). The Kier molecular flexibility index (Phi) is 5.60. The smallest absolute Gasteiger partial charge is 0.229 e. The summed E-state index contributed by atoms with van der Waals surface area (Å²) < 4.78 is 23.0. The van der Waals surface area contributed by atoms with Crippen LogP contribution in [0.15, 0.2) is 29.2 Å². The number of hydrogen-bond acceptors (Lipinski definition) is 4. The van der Waals surface area contributed by atoms with Gasteiger partial charge in [-0.2, -0.15) is 0 Å². The first-order valence-corrected chi connectivity index (χ1v) is 11.5. The van der Waals surface area contributed by atoms with Crippen LogP contribution in [0.25, 0.3) is 0 Å². The predicted molar refractivity (Wildman–Crippen MR) is 104 cm³/mol. The number of carbonyl (C=O) groups is 2. The van der Waals surface area contributed by atoms with Gasteiger partial charge in [-0.25, -0.2) is 8.42 Å². The first-order valence-electron chi connectivity index (χ1n) is 9.57. The number of benzene rings is 1. The second kappa shape index (κ2) is 7.62. The molecule has 0 radical (unpaired) electrons. The number of carbonyl (C=O) groups excluding carboxylic acids is 2. The van der Waals surface area contributed by atoms with Crippen LogP contribution in [0.4, 0.5) is 5.69 Å². The molecule has 2 fully saturated rings. The second-order valence-electron chi connectivity index (χ2n) is 8.07. The van der Waals surface area contributed by atoms with Gasteiger partial charge in [0.05, 0.1) is 10.8 Å². The molecule has 2 aliphatic rings. The molecule has 6 nitrogen and oxygen atoms in total. The van der Waals surface area contributed by atoms with Crippen LogP contribution in [0.3, 0.4) is 0 Å². The molecule has 1 aromatic carbocycles. The zero-order chi connectivity index (χ0) is 19.8. The number of nitrogens with zero attached hydrogens (tertiary/aromatic N) is 1. The van der Waals surface area contributed by atoms with Gasteiger partial charge in [0.2, 0.25) is 11.8 Å². The van der Waals surface area contributed by atoms with Gasteiger partial charge in [-0.3, -0.25) is 9.59 Å². The SMILES string of the molecule is C[C@@H]1[C@H](C)CCC[C@H]1N1C[C@H](C(=O)Nc2ccc(S(C)(=O)=O)cc2)CC1=O. The van der Waals surface area contributed by atoms with Crippen LogP contribution >= 0.6 is 0 Å². The van der Waals surface area contributed by atoms with E-state index in [1.165, 1.54) is 18.6 Å². The molecule has 1 N–H and O–H groups in total. The van der Waals surface area contributed by atoms with E-state index in [4.69, 9.17) is 0 Å². The molecule has 4 atom stereocenters. The highest BCUT2D eigenvalue weighted by Gasteiger charge is 2.41. The number of sulfone groups is 1. The van der Waals surface area contributed by atoms with E-state index in [-0.39, 0.29) is 35.1 Å². The molecule has 1 aromatic rings. The maximum absolute atomic E-state index is 12.6. The summed E-state index contributed by atoms with van der Waals surface area (Å²) in [7, 11) is -3.26. The molecule has 0 spiro atoms. The van der Waals surface area contributed by atoms with Crippen molar-refractivity contribution < 1.29 is 18.0 Å². The van der Waals surface area contributed by atoms with Crippen LogP contribution in [0.2, 0.25) is 0 Å². The summed E-state index contributed by atoms with van der Waals surface area (Å²) in [6.45, 7) is 4.91. The minimum absolute atomic E-state index is 0.0634. The van der Waals surface area contributed by atoms with E-state index in [1.807, 2.05) is 4.90 Å². The highest BCUT2D eigenvalue weighted by molar-refractivity contribution is 7.90. The van der Waals surface area contributed by atoms with Crippen LogP contribution in [-0.4, -0.2) is 44.0 Å². The number of nitrogens with one attached hydrogen (secondary N) is 1. The summed E-state index contributed by atoms with van der Waals surface area (Å²) in [5.41, 5.74) is 0.540. The first-order chi connectivity index (χ1) is 12.7. The van der Waals surface area contributed by atoms with Crippen molar-refractivity contribution in [3.05, 3.63) is 24.3 Å². The average molecular weight is 393 g/mol. The van der Waals surface area contributed by atoms with Gasteiger partial charge in [0.25, 0.3) is 0 Å². The van der Waals surface area contributed by atoms with Gasteiger partial charge in [-0.1, -0.05) is 26.7 Å². The van der Waals surface area contributed by atoms with Crippen molar-refractivity contribution in [1.82, 2.24) is 4.90 Å². The Hall–Kier alpha value is -1.89. The first kappa shape index (κ1) is 19.9. The minimum Gasteiger partial charge on any atom is -0.339 e. The lowest BCUT2D eigenvalue weighted by Gasteiger charge is -2.40. The van der Waals surface area contributed by atoms with Gasteiger partial charge in [-0.15, -0.1) is 0 Å². The molecule has 27 heavy (non-hydrogen) atoms. The largest absolute Gasteiger partial charge is 0.339 e. The topological polar surface area (TPSA) is 83.6 Å². The molecule has 0 aromatic heterocycles. The van der Waals surface area contributed by atoms with Crippen LogP contribution in [0, 0.1) is 17.8 Å². The van der Waals surface area contributed by atoms with Crippen LogP contribution in [0.1, 0.15) is 39.5 Å². The van der Waals surface area contributed by atoms with Gasteiger partial charge >= 0.3 is 0 Å². The van der Waals surface area contributed by atoms with Crippen LogP contribution in [-0.2, 0) is 19.4 Å². The Labute approximate surface area is 161 Å². The van der Waals surface area contributed by atoms with Crippen molar-refractivity contribution in [2.24, 2.45) is 17.8 Å². The molecule has 1 aliphatic heterocycles. The third-order valence-corrected chi connectivity index (χ3v) is 7.27. The fourth-order valence-electron chi connectivity index (χ4n) is 4.25. The summed E-state index contributed by atoms with van der Waals surface area (Å²) in [5.74, 6) is 0.561. The molecular weight excluding hydrogens is 364 g/mol. The molecule has 148 valence electrons. The number of amides is 2. The zero-order valence-electron chi connectivity index (χ0n) is 16.1. The highest BCUT2D eigenvalue weighted by Crippen LogP contribution is 2.36. The molecule has 0 bridgehead atoms. The average Bonchev–Trinajstić information content (AvgIpc) is 2.99. The lowest BCUT2D eigenvalue weighted by atomic mass is 9.77. The second-order valence-corrected chi connectivity index (χ2v) is 10.1. The van der Waals surface area contributed by atoms with Crippen molar-refractivity contribution in [2.45, 2.75) is 50.5 Å². The summed E-state index contributed by atoms with van der Waals surface area (Å²) in [4.78, 5) is 27.3. The summed E-state index contributed by atoms with van der Waals surface area (Å²) in [6.07, 6.45) is 4.73. The fourth-order valence-corrected chi connectivity index (χ4v) is 4.88. The van der Waals surface area contributed by atoms with Crippen LogP contribution in [0.5, 0.6) is 0 Å². The maximum Gasteiger partial charge on any atom is 0.229 e. The predicted octanol–water partition coefficient (Wildman–Crippen LogP) is 2.70.